The third kappa shape index (κ3) is 4.62. The standard InChI is InChI=1S/C27H26O3/c1-19-3-5-20(6-4-19)21-7-15-25(16-8-21)30-26-17-11-23(12-18-26)27(28)22-9-13-24(29-2)14-10-22/h3-9,11,13,15-17H,10,12,14,18H2,1-2H3. The van der Waals surface area contributed by atoms with E-state index in [4.69, 9.17) is 9.47 Å². The topological polar surface area (TPSA) is 35.5 Å². The first-order valence-corrected chi connectivity index (χ1v) is 10.4. The lowest BCUT2D eigenvalue weighted by Gasteiger charge is -2.18. The van der Waals surface area contributed by atoms with Gasteiger partial charge in [0.25, 0.3) is 0 Å². The van der Waals surface area contributed by atoms with E-state index in [1.54, 1.807) is 7.11 Å². The molecular weight excluding hydrogens is 372 g/mol. The normalized spacial score (nSPS) is 16.1. The number of ketones is 1. The van der Waals surface area contributed by atoms with Crippen molar-refractivity contribution in [2.24, 2.45) is 0 Å². The van der Waals surface area contributed by atoms with Crippen molar-refractivity contribution in [2.75, 3.05) is 7.11 Å². The van der Waals surface area contributed by atoms with E-state index in [1.807, 2.05) is 36.4 Å². The summed E-state index contributed by atoms with van der Waals surface area (Å²) in [5.41, 5.74) is 5.31. The second-order valence-corrected chi connectivity index (χ2v) is 7.68. The molecule has 152 valence electrons. The lowest BCUT2D eigenvalue weighted by molar-refractivity contribution is -0.112. The summed E-state index contributed by atoms with van der Waals surface area (Å²) in [6, 6.07) is 16.6. The first-order valence-electron chi connectivity index (χ1n) is 10.4. The molecule has 0 N–H and O–H groups in total. The number of benzene rings is 2. The van der Waals surface area contributed by atoms with Crippen molar-refractivity contribution in [2.45, 2.75) is 32.6 Å². The van der Waals surface area contributed by atoms with Crippen molar-refractivity contribution < 1.29 is 14.3 Å². The molecule has 2 aromatic carbocycles. The van der Waals surface area contributed by atoms with Crippen LogP contribution in [0, 0.1) is 6.92 Å². The minimum Gasteiger partial charge on any atom is -0.501 e. The van der Waals surface area contributed by atoms with Crippen LogP contribution < -0.4 is 4.74 Å². The van der Waals surface area contributed by atoms with Crippen LogP contribution >= 0.6 is 0 Å². The van der Waals surface area contributed by atoms with Crippen LogP contribution in [-0.2, 0) is 9.53 Å². The van der Waals surface area contributed by atoms with Gasteiger partial charge in [-0.1, -0.05) is 54.1 Å². The molecule has 2 aliphatic carbocycles. The molecule has 2 aliphatic rings. The van der Waals surface area contributed by atoms with Gasteiger partial charge >= 0.3 is 0 Å². The van der Waals surface area contributed by atoms with Crippen molar-refractivity contribution in [1.82, 2.24) is 0 Å². The van der Waals surface area contributed by atoms with Crippen LogP contribution in [0.2, 0.25) is 0 Å². The Morgan fingerprint density at radius 2 is 1.23 bits per heavy atom. The van der Waals surface area contributed by atoms with Crippen molar-refractivity contribution in [1.29, 1.82) is 0 Å². The molecule has 3 heteroatoms. The van der Waals surface area contributed by atoms with Gasteiger partial charge in [0, 0.05) is 24.0 Å². The molecule has 0 saturated heterocycles. The number of hydrogen-bond donors (Lipinski definition) is 0. The Morgan fingerprint density at radius 3 is 1.73 bits per heavy atom. The largest absolute Gasteiger partial charge is 0.501 e. The van der Waals surface area contributed by atoms with Gasteiger partial charge in [0.05, 0.1) is 12.9 Å². The van der Waals surface area contributed by atoms with Crippen LogP contribution in [-0.4, -0.2) is 12.9 Å². The summed E-state index contributed by atoms with van der Waals surface area (Å²) in [4.78, 5) is 12.7. The molecule has 0 bridgehead atoms. The summed E-state index contributed by atoms with van der Waals surface area (Å²) < 4.78 is 11.3. The van der Waals surface area contributed by atoms with E-state index < -0.39 is 0 Å². The van der Waals surface area contributed by atoms with Gasteiger partial charge in [0.15, 0.2) is 5.78 Å². The third-order valence-corrected chi connectivity index (χ3v) is 5.56. The van der Waals surface area contributed by atoms with Gasteiger partial charge in [0.1, 0.15) is 11.5 Å². The van der Waals surface area contributed by atoms with E-state index in [0.29, 0.717) is 6.42 Å². The molecule has 0 aromatic heterocycles. The van der Waals surface area contributed by atoms with Gasteiger partial charge in [0.2, 0.25) is 0 Å². The molecular formula is C27H26O3. The highest BCUT2D eigenvalue weighted by Crippen LogP contribution is 2.29. The summed E-state index contributed by atoms with van der Waals surface area (Å²) in [6.45, 7) is 2.09. The quantitative estimate of drug-likeness (QED) is 0.560. The van der Waals surface area contributed by atoms with Gasteiger partial charge in [-0.3, -0.25) is 4.79 Å². The van der Waals surface area contributed by atoms with E-state index in [9.17, 15) is 4.79 Å². The van der Waals surface area contributed by atoms with E-state index >= 15 is 0 Å². The maximum atomic E-state index is 12.7. The summed E-state index contributed by atoms with van der Waals surface area (Å²) in [5, 5.41) is 0. The molecule has 0 amide bonds. The highest BCUT2D eigenvalue weighted by Gasteiger charge is 2.20. The highest BCUT2D eigenvalue weighted by molar-refractivity contribution is 6.08. The second kappa shape index (κ2) is 9.00. The molecule has 0 aliphatic heterocycles. The smallest absolute Gasteiger partial charge is 0.185 e. The third-order valence-electron chi connectivity index (χ3n) is 5.56. The number of carbonyl (C=O) groups is 1. The first kappa shape index (κ1) is 20.0. The minimum absolute atomic E-state index is 0.138. The number of carbonyl (C=O) groups excluding carboxylic acids is 1. The minimum atomic E-state index is 0.138. The number of Topliss-reactive ketones (excluding diaryl/α,β-unsaturated/α-hetero) is 1. The summed E-state index contributed by atoms with van der Waals surface area (Å²) in [6.07, 6.45) is 10.5. The van der Waals surface area contributed by atoms with Gasteiger partial charge in [-0.05, 0) is 55.2 Å². The lowest BCUT2D eigenvalue weighted by Crippen LogP contribution is -2.12. The van der Waals surface area contributed by atoms with E-state index in [-0.39, 0.29) is 5.78 Å². The highest BCUT2D eigenvalue weighted by atomic mass is 16.5. The monoisotopic (exact) mass is 398 g/mol. The van der Waals surface area contributed by atoms with Crippen LogP contribution in [0.3, 0.4) is 0 Å². The second-order valence-electron chi connectivity index (χ2n) is 7.68. The maximum absolute atomic E-state index is 12.7. The number of aryl methyl sites for hydroxylation is 1. The fraction of sp³-hybridized carbons (Fsp3) is 0.222. The van der Waals surface area contributed by atoms with Gasteiger partial charge in [-0.25, -0.2) is 0 Å². The van der Waals surface area contributed by atoms with E-state index in [2.05, 4.69) is 43.3 Å². The Hall–Kier alpha value is -3.33. The molecule has 0 radical (unpaired) electrons. The van der Waals surface area contributed by atoms with Crippen LogP contribution in [0.25, 0.3) is 11.1 Å². The Kier molecular flexibility index (Phi) is 5.99. The molecule has 0 saturated carbocycles. The average molecular weight is 399 g/mol. The fourth-order valence-electron chi connectivity index (χ4n) is 3.69. The average Bonchev–Trinajstić information content (AvgIpc) is 2.80. The number of allylic oxidation sites excluding steroid dienone is 8. The molecule has 30 heavy (non-hydrogen) atoms. The summed E-state index contributed by atoms with van der Waals surface area (Å²) in [5.74, 6) is 2.76. The molecule has 0 spiro atoms. The SMILES string of the molecule is COC1=CC=C(C(=O)C2=CC=C(Oc3ccc(-c4ccc(C)cc4)cc3)CC2)CC1. The number of rotatable bonds is 6. The molecule has 0 fully saturated rings. The van der Waals surface area contributed by atoms with Gasteiger partial charge < -0.3 is 9.47 Å². The number of methoxy groups -OCH3 is 1. The van der Waals surface area contributed by atoms with Crippen LogP contribution in [0.15, 0.2) is 95.5 Å². The number of ether oxygens (including phenoxy) is 2. The predicted octanol–water partition coefficient (Wildman–Crippen LogP) is 6.46. The van der Waals surface area contributed by atoms with Crippen molar-refractivity contribution in [3.05, 3.63) is 101 Å². The lowest BCUT2D eigenvalue weighted by atomic mass is 9.91. The van der Waals surface area contributed by atoms with Crippen LogP contribution in [0.1, 0.15) is 31.2 Å². The van der Waals surface area contributed by atoms with E-state index in [1.165, 1.54) is 16.7 Å². The van der Waals surface area contributed by atoms with Gasteiger partial charge in [-0.2, -0.15) is 0 Å². The maximum Gasteiger partial charge on any atom is 0.185 e. The molecule has 0 unspecified atom stereocenters. The fourth-order valence-corrected chi connectivity index (χ4v) is 3.69. The van der Waals surface area contributed by atoms with Crippen LogP contribution in [0.5, 0.6) is 5.75 Å². The zero-order valence-corrected chi connectivity index (χ0v) is 17.5. The number of hydrogen-bond acceptors (Lipinski definition) is 3. The van der Waals surface area contributed by atoms with E-state index in [0.717, 1.165) is 47.7 Å². The molecule has 2 aromatic rings. The Balaban J connectivity index is 1.40. The first-order chi connectivity index (χ1) is 14.6. The predicted molar refractivity (Wildman–Crippen MR) is 120 cm³/mol. The molecule has 0 atom stereocenters. The van der Waals surface area contributed by atoms with Crippen LogP contribution in [0.4, 0.5) is 0 Å². The van der Waals surface area contributed by atoms with Crippen molar-refractivity contribution >= 4 is 5.78 Å². The molecule has 0 heterocycles. The Labute approximate surface area is 178 Å². The van der Waals surface area contributed by atoms with Crippen molar-refractivity contribution in [3.8, 4) is 16.9 Å². The molecule has 3 nitrogen and oxygen atoms in total. The van der Waals surface area contributed by atoms with Gasteiger partial charge in [-0.15, -0.1) is 0 Å². The summed E-state index contributed by atoms with van der Waals surface area (Å²) in [7, 11) is 1.67. The zero-order valence-electron chi connectivity index (χ0n) is 17.5. The van der Waals surface area contributed by atoms with Crippen molar-refractivity contribution in [3.63, 3.8) is 0 Å². The Morgan fingerprint density at radius 1 is 0.700 bits per heavy atom. The summed E-state index contributed by atoms with van der Waals surface area (Å²) >= 11 is 0. The molecule has 4 rings (SSSR count). The zero-order chi connectivity index (χ0) is 20.9. The Bertz CT molecular complexity index is 1050.